The van der Waals surface area contributed by atoms with Crippen LogP contribution in [-0.2, 0) is 11.3 Å². The lowest BCUT2D eigenvalue weighted by molar-refractivity contribution is 0.198. The van der Waals surface area contributed by atoms with Crippen LogP contribution in [0.15, 0.2) is 4.42 Å². The second-order valence-corrected chi connectivity index (χ2v) is 5.19. The SMILES string of the molecule is CCSCC(C)Nc1nnc(CNCCOC)o1. The summed E-state index contributed by atoms with van der Waals surface area (Å²) in [5, 5.41) is 14.2. The summed E-state index contributed by atoms with van der Waals surface area (Å²) in [6, 6.07) is 0.812. The van der Waals surface area contributed by atoms with Gasteiger partial charge >= 0.3 is 6.01 Å². The Morgan fingerprint density at radius 1 is 1.44 bits per heavy atom. The van der Waals surface area contributed by atoms with E-state index in [0.717, 1.165) is 18.1 Å². The van der Waals surface area contributed by atoms with E-state index < -0.39 is 0 Å². The Balaban J connectivity index is 2.25. The third kappa shape index (κ3) is 6.23. The molecule has 0 aliphatic carbocycles. The highest BCUT2D eigenvalue weighted by Gasteiger charge is 2.08. The number of ether oxygens (including phenoxy) is 1. The maximum atomic E-state index is 5.47. The molecule has 0 saturated carbocycles. The van der Waals surface area contributed by atoms with Crippen LogP contribution in [0.4, 0.5) is 6.01 Å². The number of methoxy groups -OCH3 is 1. The lowest BCUT2D eigenvalue weighted by Crippen LogP contribution is -2.19. The molecule has 0 aliphatic heterocycles. The Hall–Kier alpha value is -0.790. The summed E-state index contributed by atoms with van der Waals surface area (Å²) >= 11 is 1.88. The van der Waals surface area contributed by atoms with Gasteiger partial charge in [0, 0.05) is 25.4 Å². The molecule has 104 valence electrons. The zero-order chi connectivity index (χ0) is 13.2. The Labute approximate surface area is 112 Å². The summed E-state index contributed by atoms with van der Waals surface area (Å²) in [6.45, 7) is 6.25. The smallest absolute Gasteiger partial charge is 0.315 e. The molecule has 1 unspecified atom stereocenters. The van der Waals surface area contributed by atoms with E-state index >= 15 is 0 Å². The Bertz CT molecular complexity index is 322. The maximum Gasteiger partial charge on any atom is 0.315 e. The van der Waals surface area contributed by atoms with Gasteiger partial charge in [-0.05, 0) is 12.7 Å². The number of nitrogens with zero attached hydrogens (tertiary/aromatic N) is 2. The largest absolute Gasteiger partial charge is 0.407 e. The van der Waals surface area contributed by atoms with E-state index in [-0.39, 0.29) is 0 Å². The van der Waals surface area contributed by atoms with Crippen molar-refractivity contribution in [1.29, 1.82) is 0 Å². The van der Waals surface area contributed by atoms with Crippen LogP contribution in [0, 0.1) is 0 Å². The van der Waals surface area contributed by atoms with E-state index in [1.807, 2.05) is 11.8 Å². The molecule has 0 aliphatic rings. The number of thioether (sulfide) groups is 1. The third-order valence-corrected chi connectivity index (χ3v) is 3.31. The van der Waals surface area contributed by atoms with Crippen LogP contribution in [0.1, 0.15) is 19.7 Å². The van der Waals surface area contributed by atoms with Gasteiger partial charge in [0.05, 0.1) is 13.2 Å². The molecular formula is C11H22N4O2S. The molecule has 0 aromatic carbocycles. The van der Waals surface area contributed by atoms with E-state index in [9.17, 15) is 0 Å². The van der Waals surface area contributed by atoms with Crippen molar-refractivity contribution in [2.45, 2.75) is 26.4 Å². The molecule has 1 aromatic rings. The number of aromatic nitrogens is 2. The number of hydrogen-bond acceptors (Lipinski definition) is 7. The van der Waals surface area contributed by atoms with Crippen molar-refractivity contribution in [1.82, 2.24) is 15.5 Å². The topological polar surface area (TPSA) is 72.2 Å². The molecular weight excluding hydrogens is 252 g/mol. The zero-order valence-electron chi connectivity index (χ0n) is 11.2. The van der Waals surface area contributed by atoms with Crippen molar-refractivity contribution < 1.29 is 9.15 Å². The molecule has 1 rings (SSSR count). The first kappa shape index (κ1) is 15.3. The van der Waals surface area contributed by atoms with E-state index in [1.54, 1.807) is 7.11 Å². The van der Waals surface area contributed by atoms with Crippen LogP contribution >= 0.6 is 11.8 Å². The standard InChI is InChI=1S/C11H22N4O2S/c1-4-18-8-9(2)13-11-15-14-10(17-11)7-12-5-6-16-3/h9,12H,4-8H2,1-3H3,(H,13,15). The van der Waals surface area contributed by atoms with Gasteiger partial charge in [-0.1, -0.05) is 12.0 Å². The average Bonchev–Trinajstić information content (AvgIpc) is 2.80. The van der Waals surface area contributed by atoms with Gasteiger partial charge in [0.1, 0.15) is 0 Å². The van der Waals surface area contributed by atoms with E-state index in [4.69, 9.17) is 9.15 Å². The van der Waals surface area contributed by atoms with Crippen LogP contribution in [-0.4, -0.2) is 48.0 Å². The molecule has 0 amide bonds. The van der Waals surface area contributed by atoms with Crippen molar-refractivity contribution >= 4 is 17.8 Å². The van der Waals surface area contributed by atoms with Crippen LogP contribution in [0.25, 0.3) is 0 Å². The fraction of sp³-hybridized carbons (Fsp3) is 0.818. The summed E-state index contributed by atoms with van der Waals surface area (Å²) in [5.41, 5.74) is 0. The molecule has 0 saturated heterocycles. The number of rotatable bonds is 10. The zero-order valence-corrected chi connectivity index (χ0v) is 12.0. The first-order chi connectivity index (χ1) is 8.76. The second kappa shape index (κ2) is 9.18. The Morgan fingerprint density at radius 3 is 3.00 bits per heavy atom. The fourth-order valence-corrected chi connectivity index (χ4v) is 1.97. The monoisotopic (exact) mass is 274 g/mol. The summed E-state index contributed by atoms with van der Waals surface area (Å²) in [4.78, 5) is 0. The van der Waals surface area contributed by atoms with Gasteiger partial charge in [-0.3, -0.25) is 0 Å². The molecule has 7 heteroatoms. The minimum absolute atomic E-state index is 0.324. The molecule has 1 heterocycles. The second-order valence-electron chi connectivity index (χ2n) is 3.88. The van der Waals surface area contributed by atoms with Crippen LogP contribution < -0.4 is 10.6 Å². The van der Waals surface area contributed by atoms with Crippen LogP contribution in [0.5, 0.6) is 0 Å². The minimum atomic E-state index is 0.324. The maximum absolute atomic E-state index is 5.47. The predicted octanol–water partition coefficient (Wildman–Crippen LogP) is 1.36. The summed E-state index contributed by atoms with van der Waals surface area (Å²) < 4.78 is 10.4. The first-order valence-corrected chi connectivity index (χ1v) is 7.28. The lowest BCUT2D eigenvalue weighted by atomic mass is 10.4. The highest BCUT2D eigenvalue weighted by atomic mass is 32.2. The normalized spacial score (nSPS) is 12.6. The van der Waals surface area contributed by atoms with E-state index in [2.05, 4.69) is 34.7 Å². The minimum Gasteiger partial charge on any atom is -0.407 e. The summed E-state index contributed by atoms with van der Waals surface area (Å²) in [6.07, 6.45) is 0. The van der Waals surface area contributed by atoms with Crippen molar-refractivity contribution in [2.75, 3.05) is 37.1 Å². The molecule has 0 radical (unpaired) electrons. The molecule has 0 spiro atoms. The molecule has 2 N–H and O–H groups in total. The van der Waals surface area contributed by atoms with Crippen molar-refractivity contribution in [3.8, 4) is 0 Å². The van der Waals surface area contributed by atoms with Crippen molar-refractivity contribution in [3.05, 3.63) is 5.89 Å². The predicted molar refractivity (Wildman–Crippen MR) is 74.0 cm³/mol. The highest BCUT2D eigenvalue weighted by molar-refractivity contribution is 7.99. The first-order valence-electron chi connectivity index (χ1n) is 6.12. The summed E-state index contributed by atoms with van der Waals surface area (Å²) in [7, 11) is 1.67. The number of hydrogen-bond donors (Lipinski definition) is 2. The Morgan fingerprint density at radius 2 is 2.28 bits per heavy atom. The van der Waals surface area contributed by atoms with Crippen LogP contribution in [0.2, 0.25) is 0 Å². The molecule has 6 nitrogen and oxygen atoms in total. The van der Waals surface area contributed by atoms with Gasteiger partial charge in [0.15, 0.2) is 0 Å². The molecule has 0 bridgehead atoms. The number of nitrogens with one attached hydrogen (secondary N) is 2. The fourth-order valence-electron chi connectivity index (χ4n) is 1.30. The quantitative estimate of drug-likeness (QED) is 0.624. The molecule has 18 heavy (non-hydrogen) atoms. The average molecular weight is 274 g/mol. The van der Waals surface area contributed by atoms with Gasteiger partial charge in [0.2, 0.25) is 5.89 Å². The van der Waals surface area contributed by atoms with Crippen molar-refractivity contribution in [2.24, 2.45) is 0 Å². The third-order valence-electron chi connectivity index (χ3n) is 2.17. The van der Waals surface area contributed by atoms with Gasteiger partial charge in [-0.25, -0.2) is 0 Å². The van der Waals surface area contributed by atoms with Crippen LogP contribution in [0.3, 0.4) is 0 Å². The van der Waals surface area contributed by atoms with Gasteiger partial charge < -0.3 is 19.8 Å². The molecule has 0 fully saturated rings. The Kier molecular flexibility index (Phi) is 7.79. The van der Waals surface area contributed by atoms with Gasteiger partial charge in [0.25, 0.3) is 0 Å². The lowest BCUT2D eigenvalue weighted by Gasteiger charge is -2.09. The van der Waals surface area contributed by atoms with Gasteiger partial charge in [-0.15, -0.1) is 5.10 Å². The van der Waals surface area contributed by atoms with Crippen molar-refractivity contribution in [3.63, 3.8) is 0 Å². The molecule has 1 atom stereocenters. The van der Waals surface area contributed by atoms with Gasteiger partial charge in [-0.2, -0.15) is 11.8 Å². The molecule has 1 aromatic heterocycles. The van der Waals surface area contributed by atoms with E-state index in [0.29, 0.717) is 31.1 Å². The summed E-state index contributed by atoms with van der Waals surface area (Å²) in [5.74, 6) is 2.73. The van der Waals surface area contributed by atoms with E-state index in [1.165, 1.54) is 0 Å². The number of anilines is 1. The highest BCUT2D eigenvalue weighted by Crippen LogP contribution is 2.09.